The summed E-state index contributed by atoms with van der Waals surface area (Å²) in [5.41, 5.74) is 4.04. The number of hydrogen-bond donors (Lipinski definition) is 0. The molecule has 0 aromatic heterocycles. The van der Waals surface area contributed by atoms with Gasteiger partial charge in [-0.15, -0.1) is 0 Å². The molecule has 0 saturated carbocycles. The van der Waals surface area contributed by atoms with Crippen LogP contribution < -0.4 is 0 Å². The minimum atomic E-state index is -0.134. The first-order valence-corrected chi connectivity index (χ1v) is 8.03. The van der Waals surface area contributed by atoms with Crippen LogP contribution in [0.15, 0.2) is 42.5 Å². The molecular weight excluding hydrogens is 364 g/mol. The minimum absolute atomic E-state index is 0.134. The van der Waals surface area contributed by atoms with Crippen LogP contribution in [0.1, 0.15) is 23.1 Å². The number of fused-ring (bicyclic) bond motifs is 1. The van der Waals surface area contributed by atoms with Gasteiger partial charge in [-0.1, -0.05) is 24.3 Å². The molecule has 0 spiro atoms. The summed E-state index contributed by atoms with van der Waals surface area (Å²) >= 11 is 2.42. The molecule has 0 unspecified atom stereocenters. The van der Waals surface area contributed by atoms with Gasteiger partial charge in [-0.05, 0) is 76.9 Å². The third kappa shape index (κ3) is 3.20. The molecule has 0 N–H and O–H groups in total. The van der Waals surface area contributed by atoms with Gasteiger partial charge >= 0.3 is 0 Å². The van der Waals surface area contributed by atoms with Gasteiger partial charge in [-0.25, -0.2) is 4.39 Å². The first-order valence-electron chi connectivity index (χ1n) is 6.95. The summed E-state index contributed by atoms with van der Waals surface area (Å²) in [5, 5.41) is 0. The molecule has 0 atom stereocenters. The van der Waals surface area contributed by atoms with Crippen molar-refractivity contribution in [2.75, 3.05) is 6.54 Å². The molecule has 0 amide bonds. The van der Waals surface area contributed by atoms with Crippen LogP contribution in [0.2, 0.25) is 0 Å². The first kappa shape index (κ1) is 14.0. The Morgan fingerprint density at radius 1 is 1.10 bits per heavy atom. The van der Waals surface area contributed by atoms with Gasteiger partial charge in [-0.2, -0.15) is 0 Å². The van der Waals surface area contributed by atoms with E-state index in [9.17, 15) is 4.39 Å². The van der Waals surface area contributed by atoms with Gasteiger partial charge in [0.2, 0.25) is 0 Å². The lowest BCUT2D eigenvalue weighted by Gasteiger charge is -2.14. The van der Waals surface area contributed by atoms with Crippen molar-refractivity contribution in [2.24, 2.45) is 0 Å². The molecular formula is C17H17FIN. The van der Waals surface area contributed by atoms with Crippen LogP contribution >= 0.6 is 22.6 Å². The number of benzene rings is 2. The zero-order chi connectivity index (χ0) is 13.9. The van der Waals surface area contributed by atoms with Crippen LogP contribution in [-0.2, 0) is 19.5 Å². The molecule has 2 aromatic rings. The van der Waals surface area contributed by atoms with Crippen molar-refractivity contribution in [3.05, 3.63) is 68.5 Å². The van der Waals surface area contributed by atoms with Crippen molar-refractivity contribution in [3.8, 4) is 0 Å². The summed E-state index contributed by atoms with van der Waals surface area (Å²) in [4.78, 5) is 2.48. The average molecular weight is 381 g/mol. The second kappa shape index (κ2) is 6.22. The Balaban J connectivity index is 1.53. The average Bonchev–Trinajstić information content (AvgIpc) is 2.83. The third-order valence-electron chi connectivity index (χ3n) is 3.82. The highest BCUT2D eigenvalue weighted by Gasteiger charge is 2.19. The van der Waals surface area contributed by atoms with Crippen LogP contribution in [0.25, 0.3) is 0 Å². The molecule has 0 aliphatic carbocycles. The van der Waals surface area contributed by atoms with Crippen LogP contribution in [0.3, 0.4) is 0 Å². The Kier molecular flexibility index (Phi) is 4.36. The molecule has 20 heavy (non-hydrogen) atoms. The molecule has 2 aromatic carbocycles. The Morgan fingerprint density at radius 2 is 1.95 bits per heavy atom. The summed E-state index contributed by atoms with van der Waals surface area (Å²) < 4.78 is 14.5. The molecule has 1 aliphatic heterocycles. The summed E-state index contributed by atoms with van der Waals surface area (Å²) in [5.74, 6) is -0.134. The molecule has 1 aliphatic rings. The van der Waals surface area contributed by atoms with Gasteiger partial charge in [0.05, 0.1) is 0 Å². The molecule has 0 bridgehead atoms. The molecule has 1 heterocycles. The fourth-order valence-electron chi connectivity index (χ4n) is 2.81. The van der Waals surface area contributed by atoms with Crippen LogP contribution in [0.5, 0.6) is 0 Å². The van der Waals surface area contributed by atoms with E-state index >= 15 is 0 Å². The normalized spacial score (nSPS) is 14.5. The van der Waals surface area contributed by atoms with E-state index in [4.69, 9.17) is 0 Å². The second-order valence-corrected chi connectivity index (χ2v) is 6.48. The SMILES string of the molecule is Fc1cccc(CCCN2Cc3cccc(I)c3C2)c1. The maximum Gasteiger partial charge on any atom is 0.123 e. The van der Waals surface area contributed by atoms with Crippen molar-refractivity contribution >= 4 is 22.6 Å². The largest absolute Gasteiger partial charge is 0.295 e. The lowest BCUT2D eigenvalue weighted by Crippen LogP contribution is -2.18. The quantitative estimate of drug-likeness (QED) is 0.711. The molecule has 104 valence electrons. The van der Waals surface area contributed by atoms with Crippen molar-refractivity contribution in [1.29, 1.82) is 0 Å². The fourth-order valence-corrected chi connectivity index (χ4v) is 3.53. The monoisotopic (exact) mass is 381 g/mol. The van der Waals surface area contributed by atoms with Crippen LogP contribution in [-0.4, -0.2) is 11.4 Å². The van der Waals surface area contributed by atoms with E-state index in [-0.39, 0.29) is 5.82 Å². The van der Waals surface area contributed by atoms with Crippen molar-refractivity contribution < 1.29 is 4.39 Å². The molecule has 3 heteroatoms. The van der Waals surface area contributed by atoms with Gasteiger partial charge in [0.1, 0.15) is 5.82 Å². The van der Waals surface area contributed by atoms with Gasteiger partial charge in [0.25, 0.3) is 0 Å². The zero-order valence-corrected chi connectivity index (χ0v) is 13.4. The van der Waals surface area contributed by atoms with Crippen LogP contribution in [0.4, 0.5) is 4.39 Å². The topological polar surface area (TPSA) is 3.24 Å². The predicted octanol–water partition coefficient (Wildman–Crippen LogP) is 4.38. The van der Waals surface area contributed by atoms with E-state index in [1.54, 1.807) is 12.1 Å². The van der Waals surface area contributed by atoms with Crippen molar-refractivity contribution in [1.82, 2.24) is 4.90 Å². The Bertz CT molecular complexity index is 612. The van der Waals surface area contributed by atoms with Crippen LogP contribution in [0, 0.1) is 9.39 Å². The number of hydrogen-bond acceptors (Lipinski definition) is 1. The molecule has 0 fully saturated rings. The van der Waals surface area contributed by atoms with E-state index < -0.39 is 0 Å². The van der Waals surface area contributed by atoms with Gasteiger partial charge < -0.3 is 0 Å². The van der Waals surface area contributed by atoms with E-state index in [0.717, 1.165) is 38.0 Å². The summed E-state index contributed by atoms with van der Waals surface area (Å²) in [6, 6.07) is 13.5. The van der Waals surface area contributed by atoms with Gasteiger partial charge in [0, 0.05) is 16.7 Å². The van der Waals surface area contributed by atoms with E-state index in [1.807, 2.05) is 6.07 Å². The maximum absolute atomic E-state index is 13.1. The lowest BCUT2D eigenvalue weighted by molar-refractivity contribution is 0.280. The maximum atomic E-state index is 13.1. The second-order valence-electron chi connectivity index (χ2n) is 5.32. The Hall–Kier alpha value is -0.940. The fraction of sp³-hybridized carbons (Fsp3) is 0.294. The predicted molar refractivity (Wildman–Crippen MR) is 88.0 cm³/mol. The van der Waals surface area contributed by atoms with E-state index in [0.29, 0.717) is 0 Å². The number of halogens is 2. The smallest absolute Gasteiger partial charge is 0.123 e. The number of nitrogens with zero attached hydrogens (tertiary/aromatic N) is 1. The third-order valence-corrected chi connectivity index (χ3v) is 4.83. The number of aryl methyl sites for hydroxylation is 1. The summed E-state index contributed by atoms with van der Waals surface area (Å²) in [7, 11) is 0. The highest BCUT2D eigenvalue weighted by Crippen LogP contribution is 2.27. The Labute approximate surface area is 132 Å². The molecule has 3 rings (SSSR count). The van der Waals surface area contributed by atoms with Crippen molar-refractivity contribution in [2.45, 2.75) is 25.9 Å². The first-order chi connectivity index (χ1) is 9.72. The van der Waals surface area contributed by atoms with E-state index in [1.165, 1.54) is 20.8 Å². The summed E-state index contributed by atoms with van der Waals surface area (Å²) in [6.07, 6.45) is 2.02. The molecule has 0 saturated heterocycles. The highest BCUT2D eigenvalue weighted by atomic mass is 127. The van der Waals surface area contributed by atoms with Gasteiger partial charge in [-0.3, -0.25) is 4.90 Å². The highest BCUT2D eigenvalue weighted by molar-refractivity contribution is 14.1. The van der Waals surface area contributed by atoms with Gasteiger partial charge in [0.15, 0.2) is 0 Å². The van der Waals surface area contributed by atoms with Crippen molar-refractivity contribution in [3.63, 3.8) is 0 Å². The number of rotatable bonds is 4. The Morgan fingerprint density at radius 3 is 2.75 bits per heavy atom. The lowest BCUT2D eigenvalue weighted by atomic mass is 10.1. The summed E-state index contributed by atoms with van der Waals surface area (Å²) in [6.45, 7) is 3.17. The van der Waals surface area contributed by atoms with E-state index in [2.05, 4.69) is 45.7 Å². The zero-order valence-electron chi connectivity index (χ0n) is 11.3. The molecule has 0 radical (unpaired) electrons. The standard InChI is InChI=1S/C17H17FIN/c18-15-7-1-4-13(10-15)5-3-9-20-11-14-6-2-8-17(19)16(14)12-20/h1-2,4,6-8,10H,3,5,9,11-12H2. The minimum Gasteiger partial charge on any atom is -0.295 e. The molecule has 1 nitrogen and oxygen atoms in total.